The number of aliphatic carboxylic acids is 1. The van der Waals surface area contributed by atoms with Crippen molar-refractivity contribution in [2.75, 3.05) is 13.1 Å². The van der Waals surface area contributed by atoms with E-state index in [1.165, 1.54) is 42.3 Å². The van der Waals surface area contributed by atoms with Gasteiger partial charge in [-0.3, -0.25) is 14.6 Å². The number of aliphatic hydroxyl groups excluding tert-OH is 1. The maximum Gasteiger partial charge on any atom is 0.354 e. The summed E-state index contributed by atoms with van der Waals surface area (Å²) in [5, 5.41) is 19.9. The second-order valence-corrected chi connectivity index (χ2v) is 10.3. The summed E-state index contributed by atoms with van der Waals surface area (Å²) in [6, 6.07) is 0.704. The van der Waals surface area contributed by atoms with Crippen LogP contribution in [0.3, 0.4) is 0 Å². The Morgan fingerprint density at radius 1 is 1.35 bits per heavy atom. The van der Waals surface area contributed by atoms with E-state index in [0.29, 0.717) is 17.7 Å². The van der Waals surface area contributed by atoms with Crippen molar-refractivity contribution in [2.45, 2.75) is 68.2 Å². The first-order valence-electron chi connectivity index (χ1n) is 9.57. The van der Waals surface area contributed by atoms with Crippen LogP contribution in [0.1, 0.15) is 45.4 Å². The number of β-lactam (4-membered cyclic amide) rings is 1. The SMILES string of the molecule is CCC(O)C1C(=O)N2C(C(=O)O)=C(SC3CCN(C4CCCC4)C3)SC12. The number of hydrogen-bond donors (Lipinski definition) is 2. The van der Waals surface area contributed by atoms with E-state index in [4.69, 9.17) is 0 Å². The van der Waals surface area contributed by atoms with Crippen molar-refractivity contribution >= 4 is 35.4 Å². The highest BCUT2D eigenvalue weighted by Crippen LogP contribution is 2.55. The van der Waals surface area contributed by atoms with E-state index in [-0.39, 0.29) is 17.0 Å². The van der Waals surface area contributed by atoms with Crippen LogP contribution in [0.4, 0.5) is 0 Å². The number of amides is 1. The van der Waals surface area contributed by atoms with Crippen molar-refractivity contribution in [2.24, 2.45) is 5.92 Å². The van der Waals surface area contributed by atoms with Gasteiger partial charge in [0.2, 0.25) is 5.91 Å². The Morgan fingerprint density at radius 3 is 2.73 bits per heavy atom. The Hall–Kier alpha value is -0.700. The minimum atomic E-state index is -1.04. The lowest BCUT2D eigenvalue weighted by atomic mass is 9.90. The van der Waals surface area contributed by atoms with Crippen LogP contribution >= 0.6 is 23.5 Å². The number of likely N-dealkylation sites (tertiary alicyclic amines) is 1. The highest BCUT2D eigenvalue weighted by Gasteiger charge is 2.58. The fourth-order valence-electron chi connectivity index (χ4n) is 4.60. The fraction of sp³-hybridized carbons (Fsp3) is 0.778. The van der Waals surface area contributed by atoms with Crippen LogP contribution in [0.2, 0.25) is 0 Å². The predicted molar refractivity (Wildman–Crippen MR) is 102 cm³/mol. The number of thioether (sulfide) groups is 2. The van der Waals surface area contributed by atoms with Gasteiger partial charge in [0, 0.05) is 17.8 Å². The van der Waals surface area contributed by atoms with Crippen LogP contribution in [0, 0.1) is 5.92 Å². The quantitative estimate of drug-likeness (QED) is 0.665. The Balaban J connectivity index is 1.44. The highest BCUT2D eigenvalue weighted by atomic mass is 32.2. The molecule has 0 bridgehead atoms. The molecule has 6 nitrogen and oxygen atoms in total. The second kappa shape index (κ2) is 7.37. The number of rotatable bonds is 6. The molecule has 4 aliphatic rings. The molecule has 0 aromatic heterocycles. The first-order chi connectivity index (χ1) is 12.5. The number of carbonyl (C=O) groups excluding carboxylic acids is 1. The van der Waals surface area contributed by atoms with E-state index in [0.717, 1.165) is 23.7 Å². The molecule has 0 radical (unpaired) electrons. The maximum absolute atomic E-state index is 12.4. The molecule has 4 unspecified atom stereocenters. The molecule has 1 saturated carbocycles. The van der Waals surface area contributed by atoms with Gasteiger partial charge >= 0.3 is 5.97 Å². The van der Waals surface area contributed by atoms with Gasteiger partial charge in [-0.25, -0.2) is 4.79 Å². The second-order valence-electron chi connectivity index (χ2n) is 7.62. The van der Waals surface area contributed by atoms with Crippen molar-refractivity contribution in [1.82, 2.24) is 9.80 Å². The molecule has 4 atom stereocenters. The summed E-state index contributed by atoms with van der Waals surface area (Å²) in [5.74, 6) is -1.76. The predicted octanol–water partition coefficient (Wildman–Crippen LogP) is 2.29. The van der Waals surface area contributed by atoms with Gasteiger partial charge in [0.25, 0.3) is 0 Å². The molecule has 8 heteroatoms. The molecule has 26 heavy (non-hydrogen) atoms. The van der Waals surface area contributed by atoms with Gasteiger partial charge in [-0.2, -0.15) is 0 Å². The maximum atomic E-state index is 12.4. The number of carboxylic acid groups (broad SMARTS) is 1. The minimum absolute atomic E-state index is 0.133. The largest absolute Gasteiger partial charge is 0.477 e. The van der Waals surface area contributed by atoms with E-state index in [1.54, 1.807) is 11.8 Å². The van der Waals surface area contributed by atoms with Gasteiger partial charge in [0.05, 0.1) is 16.3 Å². The average molecular weight is 399 g/mol. The molecule has 2 N–H and O–H groups in total. The molecule has 1 amide bonds. The molecule has 3 aliphatic heterocycles. The molecule has 1 aliphatic carbocycles. The molecule has 3 heterocycles. The summed E-state index contributed by atoms with van der Waals surface area (Å²) in [5.41, 5.74) is 0.133. The molecule has 0 aromatic carbocycles. The van der Waals surface area contributed by atoms with E-state index in [2.05, 4.69) is 4.90 Å². The van der Waals surface area contributed by atoms with Crippen LogP contribution in [-0.2, 0) is 9.59 Å². The third-order valence-electron chi connectivity index (χ3n) is 6.07. The summed E-state index contributed by atoms with van der Waals surface area (Å²) < 4.78 is 0.750. The third-order valence-corrected chi connectivity index (χ3v) is 8.93. The van der Waals surface area contributed by atoms with Crippen LogP contribution < -0.4 is 0 Å². The van der Waals surface area contributed by atoms with Crippen molar-refractivity contribution in [3.05, 3.63) is 9.93 Å². The Labute approximate surface area is 162 Å². The summed E-state index contributed by atoms with van der Waals surface area (Å²) in [4.78, 5) is 28.2. The fourth-order valence-corrected chi connectivity index (χ4v) is 7.89. The number of carbonyl (C=O) groups is 2. The van der Waals surface area contributed by atoms with Crippen LogP contribution in [0.5, 0.6) is 0 Å². The van der Waals surface area contributed by atoms with Crippen molar-refractivity contribution in [1.29, 1.82) is 0 Å². The molecule has 144 valence electrons. The molecule has 2 saturated heterocycles. The minimum Gasteiger partial charge on any atom is -0.477 e. The first-order valence-corrected chi connectivity index (χ1v) is 11.3. The number of hydrogen-bond acceptors (Lipinski definition) is 6. The normalized spacial score (nSPS) is 33.7. The lowest BCUT2D eigenvalue weighted by Crippen LogP contribution is -2.61. The smallest absolute Gasteiger partial charge is 0.354 e. The first kappa shape index (κ1) is 18.7. The summed E-state index contributed by atoms with van der Waals surface area (Å²) in [7, 11) is 0. The zero-order chi connectivity index (χ0) is 18.4. The number of fused-ring (bicyclic) bond motifs is 1. The Morgan fingerprint density at radius 2 is 2.08 bits per heavy atom. The number of carboxylic acids is 1. The summed E-state index contributed by atoms with van der Waals surface area (Å²) in [6.07, 6.45) is 6.10. The Bertz CT molecular complexity index is 635. The number of nitrogens with zero attached hydrogens (tertiary/aromatic N) is 2. The van der Waals surface area contributed by atoms with Gasteiger partial charge < -0.3 is 10.2 Å². The molecule has 0 aromatic rings. The lowest BCUT2D eigenvalue weighted by Gasteiger charge is -2.44. The van der Waals surface area contributed by atoms with Gasteiger partial charge in [-0.05, 0) is 32.2 Å². The van der Waals surface area contributed by atoms with Crippen molar-refractivity contribution in [3.8, 4) is 0 Å². The van der Waals surface area contributed by atoms with Crippen LogP contribution in [0.25, 0.3) is 0 Å². The van der Waals surface area contributed by atoms with Crippen molar-refractivity contribution < 1.29 is 19.8 Å². The molecule has 3 fully saturated rings. The summed E-state index contributed by atoms with van der Waals surface area (Å²) >= 11 is 3.09. The van der Waals surface area contributed by atoms with Gasteiger partial charge in [0.15, 0.2) is 5.70 Å². The van der Waals surface area contributed by atoms with Gasteiger partial charge in [-0.15, -0.1) is 11.8 Å². The van der Waals surface area contributed by atoms with E-state index in [9.17, 15) is 19.8 Å². The zero-order valence-corrected chi connectivity index (χ0v) is 16.6. The highest BCUT2D eigenvalue weighted by molar-refractivity contribution is 8.23. The van der Waals surface area contributed by atoms with Crippen LogP contribution in [0.15, 0.2) is 9.93 Å². The average Bonchev–Trinajstić information content (AvgIpc) is 3.33. The topological polar surface area (TPSA) is 81.1 Å². The standard InChI is InChI=1S/C18H26N2O4S2/c1-2-12(21)13-15(22)20-14(17(23)24)18(26-16(13)20)25-11-7-8-19(9-11)10-5-3-4-6-10/h10-13,16,21H,2-9H2,1H3,(H,23,24). The zero-order valence-electron chi connectivity index (χ0n) is 15.0. The monoisotopic (exact) mass is 398 g/mol. The molecular formula is C18H26N2O4S2. The molecule has 4 rings (SSSR count). The van der Waals surface area contributed by atoms with E-state index < -0.39 is 18.0 Å². The van der Waals surface area contributed by atoms with Crippen molar-refractivity contribution in [3.63, 3.8) is 0 Å². The van der Waals surface area contributed by atoms with Gasteiger partial charge in [-0.1, -0.05) is 31.5 Å². The number of aliphatic hydroxyl groups is 1. The molecular weight excluding hydrogens is 372 g/mol. The third kappa shape index (κ3) is 3.08. The molecule has 0 spiro atoms. The Kier molecular flexibility index (Phi) is 5.29. The van der Waals surface area contributed by atoms with Gasteiger partial charge in [0.1, 0.15) is 5.37 Å². The summed E-state index contributed by atoms with van der Waals surface area (Å²) in [6.45, 7) is 3.94. The van der Waals surface area contributed by atoms with Crippen LogP contribution in [-0.4, -0.2) is 67.7 Å². The lowest BCUT2D eigenvalue weighted by molar-refractivity contribution is -0.157. The van der Waals surface area contributed by atoms with E-state index in [1.807, 2.05) is 6.92 Å². The van der Waals surface area contributed by atoms with E-state index >= 15 is 0 Å².